The number of benzene rings is 2. The van der Waals surface area contributed by atoms with Crippen LogP contribution in [0.1, 0.15) is 28.4 Å². The number of aryl methyl sites for hydroxylation is 1. The van der Waals surface area contributed by atoms with Crippen molar-refractivity contribution in [3.63, 3.8) is 0 Å². The molecule has 0 saturated carbocycles. The molecule has 0 aromatic heterocycles. The van der Waals surface area contributed by atoms with Crippen LogP contribution >= 0.6 is 0 Å². The first-order valence-corrected chi connectivity index (χ1v) is 8.49. The summed E-state index contributed by atoms with van der Waals surface area (Å²) in [6, 6.07) is 12.6. The van der Waals surface area contributed by atoms with Crippen LogP contribution in [0.15, 0.2) is 42.5 Å². The Labute approximate surface area is 125 Å². The summed E-state index contributed by atoms with van der Waals surface area (Å²) in [5.41, 5.74) is 4.06. The number of hydrogen-bond donors (Lipinski definition) is 2. The molecule has 2 rings (SSSR count). The van der Waals surface area contributed by atoms with Crippen LogP contribution in [-0.2, 0) is 10.0 Å². The van der Waals surface area contributed by atoms with Crippen molar-refractivity contribution in [2.24, 2.45) is 0 Å². The molecule has 1 unspecified atom stereocenters. The summed E-state index contributed by atoms with van der Waals surface area (Å²) < 4.78 is 25.0. The molecule has 1 atom stereocenters. The first-order chi connectivity index (χ1) is 9.78. The fourth-order valence-electron chi connectivity index (χ4n) is 2.24. The van der Waals surface area contributed by atoms with E-state index in [1.54, 1.807) is 24.3 Å². The molecule has 2 aromatic rings. The molecule has 0 aliphatic heterocycles. The molecular weight excluding hydrogens is 286 g/mol. The first-order valence-electron chi connectivity index (χ1n) is 6.60. The number of aliphatic hydroxyl groups excluding tert-OH is 1. The van der Waals surface area contributed by atoms with Crippen LogP contribution < -0.4 is 4.72 Å². The Morgan fingerprint density at radius 2 is 1.76 bits per heavy atom. The molecule has 0 aliphatic rings. The van der Waals surface area contributed by atoms with E-state index in [1.165, 1.54) is 0 Å². The number of nitrogens with one attached hydrogen (secondary N) is 1. The summed E-state index contributed by atoms with van der Waals surface area (Å²) in [6.45, 7) is 3.96. The average molecular weight is 305 g/mol. The summed E-state index contributed by atoms with van der Waals surface area (Å²) in [5, 5.41) is 10.5. The van der Waals surface area contributed by atoms with Crippen molar-refractivity contribution in [1.82, 2.24) is 0 Å². The molecule has 0 saturated heterocycles. The van der Waals surface area contributed by atoms with Gasteiger partial charge in [-0.2, -0.15) is 0 Å². The van der Waals surface area contributed by atoms with Crippen molar-refractivity contribution in [3.8, 4) is 0 Å². The van der Waals surface area contributed by atoms with E-state index in [1.807, 2.05) is 32.0 Å². The number of sulfonamides is 1. The molecule has 2 N–H and O–H groups in total. The zero-order valence-electron chi connectivity index (χ0n) is 12.3. The molecule has 0 bridgehead atoms. The second kappa shape index (κ2) is 5.87. The fraction of sp³-hybridized carbons (Fsp3) is 0.250. The molecule has 21 heavy (non-hydrogen) atoms. The topological polar surface area (TPSA) is 66.4 Å². The third-order valence-electron chi connectivity index (χ3n) is 3.45. The van der Waals surface area contributed by atoms with Gasteiger partial charge in [0.2, 0.25) is 10.0 Å². The zero-order valence-corrected chi connectivity index (χ0v) is 13.1. The van der Waals surface area contributed by atoms with Crippen molar-refractivity contribution in [3.05, 3.63) is 64.7 Å². The highest BCUT2D eigenvalue weighted by Crippen LogP contribution is 2.28. The Balaban J connectivity index is 2.38. The molecule has 4 nitrogen and oxygen atoms in total. The van der Waals surface area contributed by atoms with E-state index in [0.717, 1.165) is 22.9 Å². The normalized spacial score (nSPS) is 13.0. The van der Waals surface area contributed by atoms with Gasteiger partial charge in [0.05, 0.1) is 6.26 Å². The highest BCUT2D eigenvalue weighted by Gasteiger charge is 2.14. The number of anilines is 1. The predicted octanol–water partition coefficient (Wildman–Crippen LogP) is 2.76. The SMILES string of the molecule is Cc1cccc(C(O)c2cccc(NS(C)(=O)=O)c2)c1C. The minimum Gasteiger partial charge on any atom is -0.384 e. The molecule has 112 valence electrons. The summed E-state index contributed by atoms with van der Waals surface area (Å²) >= 11 is 0. The van der Waals surface area contributed by atoms with Gasteiger partial charge in [-0.3, -0.25) is 4.72 Å². The second-order valence-corrected chi connectivity index (χ2v) is 6.94. The fourth-order valence-corrected chi connectivity index (χ4v) is 2.79. The van der Waals surface area contributed by atoms with Crippen molar-refractivity contribution in [2.75, 3.05) is 11.0 Å². The van der Waals surface area contributed by atoms with E-state index in [4.69, 9.17) is 0 Å². The van der Waals surface area contributed by atoms with E-state index >= 15 is 0 Å². The quantitative estimate of drug-likeness (QED) is 0.913. The van der Waals surface area contributed by atoms with E-state index in [-0.39, 0.29) is 0 Å². The van der Waals surface area contributed by atoms with Crippen LogP contribution in [-0.4, -0.2) is 19.8 Å². The molecule has 2 aromatic carbocycles. The van der Waals surface area contributed by atoms with Crippen molar-refractivity contribution >= 4 is 15.7 Å². The molecule has 0 aliphatic carbocycles. The third kappa shape index (κ3) is 3.83. The standard InChI is InChI=1S/C16H19NO3S/c1-11-6-4-9-15(12(11)2)16(18)13-7-5-8-14(10-13)17-21(3,19)20/h4-10,16-18H,1-3H3. The minimum atomic E-state index is -3.33. The van der Waals surface area contributed by atoms with E-state index < -0.39 is 16.1 Å². The van der Waals surface area contributed by atoms with E-state index in [9.17, 15) is 13.5 Å². The van der Waals surface area contributed by atoms with Crippen LogP contribution in [0.25, 0.3) is 0 Å². The van der Waals surface area contributed by atoms with Gasteiger partial charge < -0.3 is 5.11 Å². The van der Waals surface area contributed by atoms with Crippen molar-refractivity contribution in [1.29, 1.82) is 0 Å². The monoisotopic (exact) mass is 305 g/mol. The van der Waals surface area contributed by atoms with Gasteiger partial charge in [-0.05, 0) is 48.2 Å². The first kappa shape index (κ1) is 15.5. The maximum Gasteiger partial charge on any atom is 0.229 e. The minimum absolute atomic E-state index is 0.444. The largest absolute Gasteiger partial charge is 0.384 e. The predicted molar refractivity (Wildman–Crippen MR) is 84.9 cm³/mol. The van der Waals surface area contributed by atoms with Crippen LogP contribution in [0, 0.1) is 13.8 Å². The van der Waals surface area contributed by atoms with Gasteiger partial charge in [0.15, 0.2) is 0 Å². The Morgan fingerprint density at radius 3 is 2.43 bits per heavy atom. The Hall–Kier alpha value is -1.85. The molecule has 0 fully saturated rings. The second-order valence-electron chi connectivity index (χ2n) is 5.19. The Bertz CT molecular complexity index is 754. The molecule has 0 heterocycles. The lowest BCUT2D eigenvalue weighted by atomic mass is 9.95. The lowest BCUT2D eigenvalue weighted by Gasteiger charge is -2.16. The summed E-state index contributed by atoms with van der Waals surface area (Å²) in [4.78, 5) is 0. The van der Waals surface area contributed by atoms with Gasteiger partial charge in [0.25, 0.3) is 0 Å². The lowest BCUT2D eigenvalue weighted by molar-refractivity contribution is 0.219. The van der Waals surface area contributed by atoms with Crippen molar-refractivity contribution in [2.45, 2.75) is 20.0 Å². The number of rotatable bonds is 4. The van der Waals surface area contributed by atoms with E-state index in [0.29, 0.717) is 11.3 Å². The van der Waals surface area contributed by atoms with Gasteiger partial charge in [-0.25, -0.2) is 8.42 Å². The molecule has 0 amide bonds. The molecule has 5 heteroatoms. The van der Waals surface area contributed by atoms with Gasteiger partial charge in [-0.1, -0.05) is 30.3 Å². The van der Waals surface area contributed by atoms with Gasteiger partial charge in [0, 0.05) is 5.69 Å². The molecule has 0 spiro atoms. The maximum absolute atomic E-state index is 11.3. The van der Waals surface area contributed by atoms with Gasteiger partial charge in [0.1, 0.15) is 6.10 Å². The lowest BCUT2D eigenvalue weighted by Crippen LogP contribution is -2.10. The Morgan fingerprint density at radius 1 is 1.10 bits per heavy atom. The van der Waals surface area contributed by atoms with Gasteiger partial charge >= 0.3 is 0 Å². The molecule has 0 radical (unpaired) electrons. The summed E-state index contributed by atoms with van der Waals surface area (Å²) in [5.74, 6) is 0. The van der Waals surface area contributed by atoms with Crippen molar-refractivity contribution < 1.29 is 13.5 Å². The van der Waals surface area contributed by atoms with Crippen LogP contribution in [0.3, 0.4) is 0 Å². The van der Waals surface area contributed by atoms with Crippen LogP contribution in [0.2, 0.25) is 0 Å². The summed E-state index contributed by atoms with van der Waals surface area (Å²) in [6.07, 6.45) is 0.312. The van der Waals surface area contributed by atoms with Crippen LogP contribution in [0.5, 0.6) is 0 Å². The third-order valence-corrected chi connectivity index (χ3v) is 4.05. The highest BCUT2D eigenvalue weighted by atomic mass is 32.2. The number of hydrogen-bond acceptors (Lipinski definition) is 3. The summed E-state index contributed by atoms with van der Waals surface area (Å²) in [7, 11) is -3.33. The average Bonchev–Trinajstić information content (AvgIpc) is 2.39. The Kier molecular flexibility index (Phi) is 4.34. The van der Waals surface area contributed by atoms with Gasteiger partial charge in [-0.15, -0.1) is 0 Å². The molecular formula is C16H19NO3S. The van der Waals surface area contributed by atoms with E-state index in [2.05, 4.69) is 4.72 Å². The number of aliphatic hydroxyl groups is 1. The zero-order chi connectivity index (χ0) is 15.6. The maximum atomic E-state index is 11.3. The van der Waals surface area contributed by atoms with Crippen LogP contribution in [0.4, 0.5) is 5.69 Å². The highest BCUT2D eigenvalue weighted by molar-refractivity contribution is 7.92. The smallest absolute Gasteiger partial charge is 0.229 e.